The zero-order valence-electron chi connectivity index (χ0n) is 13.4. The van der Waals surface area contributed by atoms with E-state index >= 15 is 0 Å². The number of rotatable bonds is 1. The third-order valence-corrected chi connectivity index (χ3v) is 7.59. The Kier molecular flexibility index (Phi) is 2.93. The summed E-state index contributed by atoms with van der Waals surface area (Å²) < 4.78 is 7.79. The highest BCUT2D eigenvalue weighted by Crippen LogP contribution is 2.61. The number of piperidine rings is 1. The van der Waals surface area contributed by atoms with Crippen molar-refractivity contribution >= 4 is 21.8 Å². The fourth-order valence-corrected chi connectivity index (χ4v) is 5.27. The Morgan fingerprint density at radius 1 is 1.42 bits per heavy atom. The number of aromatic nitrogens is 2. The van der Waals surface area contributed by atoms with Gasteiger partial charge in [0.25, 0.3) is 5.91 Å². The highest BCUT2D eigenvalue weighted by Gasteiger charge is 2.62. The Hall–Kier alpha value is -1.82. The number of hydrogen-bond donors (Lipinski definition) is 0. The first-order valence-electron chi connectivity index (χ1n) is 8.31. The number of imidazole rings is 1. The minimum atomic E-state index is 0.0281. The van der Waals surface area contributed by atoms with Crippen LogP contribution in [0.5, 0.6) is 5.75 Å². The van der Waals surface area contributed by atoms with Crippen LogP contribution in [0.4, 0.5) is 0 Å². The van der Waals surface area contributed by atoms with Crippen molar-refractivity contribution in [3.8, 4) is 11.4 Å². The highest BCUT2D eigenvalue weighted by molar-refractivity contribution is 9.09. The molecule has 5 rings (SSSR count). The summed E-state index contributed by atoms with van der Waals surface area (Å²) in [6.45, 7) is 4.31. The molecule has 24 heavy (non-hydrogen) atoms. The molecule has 3 aliphatic rings. The number of amides is 1. The number of ether oxygens (including phenoxy) is 1. The number of carbonyl (C=O) groups is 1. The van der Waals surface area contributed by atoms with Gasteiger partial charge in [0.2, 0.25) is 0 Å². The molecule has 0 radical (unpaired) electrons. The number of alkyl halides is 1. The molecule has 2 aromatic rings. The van der Waals surface area contributed by atoms with Crippen molar-refractivity contribution in [1.29, 1.82) is 0 Å². The van der Waals surface area contributed by atoms with Crippen molar-refractivity contribution in [2.45, 2.75) is 24.8 Å². The van der Waals surface area contributed by atoms with E-state index in [-0.39, 0.29) is 5.91 Å². The maximum Gasteiger partial charge on any atom is 0.274 e. The molecule has 0 N–H and O–H groups in total. The fourth-order valence-electron chi connectivity index (χ4n) is 4.09. The molecular formula is C18H18BrN3O2. The summed E-state index contributed by atoms with van der Waals surface area (Å²) in [6.07, 6.45) is 2.79. The summed E-state index contributed by atoms with van der Waals surface area (Å²) in [7, 11) is 0. The Balaban J connectivity index is 1.45. The molecule has 1 aliphatic carbocycles. The lowest BCUT2D eigenvalue weighted by atomic mass is 9.97. The van der Waals surface area contributed by atoms with E-state index in [0.29, 0.717) is 28.5 Å². The molecular weight excluding hydrogens is 370 g/mol. The molecule has 1 aromatic carbocycles. The lowest BCUT2D eigenvalue weighted by Crippen LogP contribution is -2.39. The minimum Gasteiger partial charge on any atom is -0.485 e. The molecule has 2 fully saturated rings. The highest BCUT2D eigenvalue weighted by atomic mass is 79.9. The van der Waals surface area contributed by atoms with Crippen LogP contribution in [0.3, 0.4) is 0 Å². The first kappa shape index (κ1) is 14.5. The van der Waals surface area contributed by atoms with Crippen LogP contribution in [0.25, 0.3) is 5.69 Å². The van der Waals surface area contributed by atoms with E-state index in [0.717, 1.165) is 36.6 Å². The van der Waals surface area contributed by atoms with Gasteiger partial charge in [0, 0.05) is 17.9 Å². The third-order valence-electron chi connectivity index (χ3n) is 5.90. The summed E-state index contributed by atoms with van der Waals surface area (Å²) in [5, 5.41) is 0. The monoisotopic (exact) mass is 387 g/mol. The lowest BCUT2D eigenvalue weighted by molar-refractivity contribution is 0.0682. The molecule has 2 aliphatic heterocycles. The number of carbonyl (C=O) groups excluding carboxylic acids is 1. The Labute approximate surface area is 148 Å². The lowest BCUT2D eigenvalue weighted by Gasteiger charge is -2.29. The molecule has 124 valence electrons. The molecule has 1 aromatic heterocycles. The summed E-state index contributed by atoms with van der Waals surface area (Å²) in [5.41, 5.74) is 2.68. The van der Waals surface area contributed by atoms with Crippen molar-refractivity contribution in [1.82, 2.24) is 14.5 Å². The predicted octanol–water partition coefficient (Wildman–Crippen LogP) is 3.01. The van der Waals surface area contributed by atoms with Gasteiger partial charge >= 0.3 is 0 Å². The van der Waals surface area contributed by atoms with Crippen LogP contribution < -0.4 is 4.74 Å². The quantitative estimate of drug-likeness (QED) is 0.706. The number of benzene rings is 1. The third kappa shape index (κ3) is 1.86. The normalized spacial score (nSPS) is 30.0. The maximum atomic E-state index is 13.0. The van der Waals surface area contributed by atoms with Crippen molar-refractivity contribution in [2.24, 2.45) is 11.3 Å². The standard InChI is InChI=1S/C18H18BrN3O2/c1-18-6-7-21(8-11(18)16(18)19)17(23)15-13-9-24-14-5-3-2-4-12(14)22(13)10-20-15/h2-5,10-11,16H,6-9H2,1H3. The van der Waals surface area contributed by atoms with Gasteiger partial charge in [-0.3, -0.25) is 9.36 Å². The molecule has 3 unspecified atom stereocenters. The second kappa shape index (κ2) is 4.85. The first-order valence-corrected chi connectivity index (χ1v) is 9.23. The number of hydrogen-bond acceptors (Lipinski definition) is 3. The van der Waals surface area contributed by atoms with Gasteiger partial charge in [0.1, 0.15) is 18.7 Å². The molecule has 0 bridgehead atoms. The number of halogens is 1. The van der Waals surface area contributed by atoms with Gasteiger partial charge in [-0.1, -0.05) is 35.0 Å². The zero-order chi connectivity index (χ0) is 16.5. The van der Waals surface area contributed by atoms with Crippen LogP contribution in [0.2, 0.25) is 0 Å². The number of nitrogens with zero attached hydrogens (tertiary/aromatic N) is 3. The average Bonchev–Trinajstić information content (AvgIpc) is 2.97. The summed E-state index contributed by atoms with van der Waals surface area (Å²) >= 11 is 3.76. The van der Waals surface area contributed by atoms with E-state index in [1.807, 2.05) is 33.7 Å². The molecule has 5 nitrogen and oxygen atoms in total. The van der Waals surface area contributed by atoms with Crippen molar-refractivity contribution in [3.63, 3.8) is 0 Å². The van der Waals surface area contributed by atoms with E-state index in [9.17, 15) is 4.79 Å². The Morgan fingerprint density at radius 2 is 2.25 bits per heavy atom. The smallest absolute Gasteiger partial charge is 0.274 e. The Bertz CT molecular complexity index is 849. The maximum absolute atomic E-state index is 13.0. The van der Waals surface area contributed by atoms with Crippen LogP contribution in [-0.2, 0) is 6.61 Å². The summed E-state index contributed by atoms with van der Waals surface area (Å²) in [5.74, 6) is 1.42. The van der Waals surface area contributed by atoms with E-state index in [1.54, 1.807) is 6.33 Å². The van der Waals surface area contributed by atoms with Gasteiger partial charge < -0.3 is 9.64 Å². The number of para-hydroxylation sites is 2. The van der Waals surface area contributed by atoms with Crippen LogP contribution >= 0.6 is 15.9 Å². The molecule has 1 saturated heterocycles. The van der Waals surface area contributed by atoms with Crippen LogP contribution in [0.1, 0.15) is 29.5 Å². The van der Waals surface area contributed by atoms with Gasteiger partial charge in [-0.25, -0.2) is 4.98 Å². The molecule has 1 saturated carbocycles. The number of likely N-dealkylation sites (tertiary alicyclic amines) is 1. The largest absolute Gasteiger partial charge is 0.485 e. The van der Waals surface area contributed by atoms with Crippen LogP contribution in [0, 0.1) is 11.3 Å². The first-order chi connectivity index (χ1) is 11.6. The minimum absolute atomic E-state index is 0.0281. The summed E-state index contributed by atoms with van der Waals surface area (Å²) in [4.78, 5) is 19.9. The molecule has 6 heteroatoms. The SMILES string of the molecule is CC12CCN(C(=O)c3ncn4c3COc3ccccc3-4)CC1C2Br. The topological polar surface area (TPSA) is 47.4 Å². The molecule has 3 atom stereocenters. The van der Waals surface area contributed by atoms with Gasteiger partial charge in [-0.05, 0) is 29.9 Å². The van der Waals surface area contributed by atoms with Crippen molar-refractivity contribution < 1.29 is 9.53 Å². The van der Waals surface area contributed by atoms with E-state index in [4.69, 9.17) is 4.74 Å². The van der Waals surface area contributed by atoms with Crippen LogP contribution in [-0.4, -0.2) is 38.3 Å². The van der Waals surface area contributed by atoms with Gasteiger partial charge in [-0.2, -0.15) is 0 Å². The van der Waals surface area contributed by atoms with Crippen LogP contribution in [0.15, 0.2) is 30.6 Å². The van der Waals surface area contributed by atoms with Gasteiger partial charge in [-0.15, -0.1) is 0 Å². The molecule has 3 heterocycles. The predicted molar refractivity (Wildman–Crippen MR) is 92.7 cm³/mol. The second-order valence-corrected chi connectivity index (χ2v) is 8.17. The fraction of sp³-hybridized carbons (Fsp3) is 0.444. The summed E-state index contributed by atoms with van der Waals surface area (Å²) in [6, 6.07) is 7.84. The van der Waals surface area contributed by atoms with Gasteiger partial charge in [0.05, 0.1) is 11.4 Å². The van der Waals surface area contributed by atoms with E-state index in [1.165, 1.54) is 0 Å². The average molecular weight is 388 g/mol. The zero-order valence-corrected chi connectivity index (χ0v) is 15.0. The molecule has 0 spiro atoms. The van der Waals surface area contributed by atoms with Crippen molar-refractivity contribution in [2.75, 3.05) is 13.1 Å². The second-order valence-electron chi connectivity index (χ2n) is 7.18. The number of fused-ring (bicyclic) bond motifs is 4. The van der Waals surface area contributed by atoms with E-state index in [2.05, 4.69) is 27.8 Å². The Morgan fingerprint density at radius 3 is 3.08 bits per heavy atom. The van der Waals surface area contributed by atoms with E-state index < -0.39 is 0 Å². The van der Waals surface area contributed by atoms with Crippen molar-refractivity contribution in [3.05, 3.63) is 42.0 Å². The van der Waals surface area contributed by atoms with Gasteiger partial charge in [0.15, 0.2) is 5.69 Å². The molecule has 1 amide bonds.